The van der Waals surface area contributed by atoms with Crippen LogP contribution in [0.1, 0.15) is 24.0 Å². The number of hydrogen-bond acceptors (Lipinski definition) is 4. The number of anilines is 1. The van der Waals surface area contributed by atoms with Gasteiger partial charge in [0.2, 0.25) is 21.8 Å². The third kappa shape index (κ3) is 6.00. The van der Waals surface area contributed by atoms with Gasteiger partial charge in [0.15, 0.2) is 11.6 Å². The molecule has 1 fully saturated rings. The minimum absolute atomic E-state index is 0.122. The van der Waals surface area contributed by atoms with E-state index in [0.29, 0.717) is 17.3 Å². The summed E-state index contributed by atoms with van der Waals surface area (Å²) in [6.07, 6.45) is 2.29. The molecule has 2 amide bonds. The molecule has 0 atom stereocenters. The van der Waals surface area contributed by atoms with Crippen molar-refractivity contribution in [3.8, 4) is 0 Å². The van der Waals surface area contributed by atoms with Crippen molar-refractivity contribution >= 4 is 27.5 Å². The maximum absolute atomic E-state index is 13.5. The lowest BCUT2D eigenvalue weighted by atomic mass is 10.1. The van der Waals surface area contributed by atoms with Crippen molar-refractivity contribution in [3.05, 3.63) is 65.2 Å². The largest absolute Gasteiger partial charge is 0.350 e. The third-order valence-electron chi connectivity index (χ3n) is 4.90. The van der Waals surface area contributed by atoms with E-state index < -0.39 is 34.1 Å². The minimum Gasteiger partial charge on any atom is -0.350 e. The second-order valence-corrected chi connectivity index (χ2v) is 9.29. The van der Waals surface area contributed by atoms with E-state index in [1.54, 1.807) is 11.0 Å². The molecule has 0 radical (unpaired) electrons. The lowest BCUT2D eigenvalue weighted by molar-refractivity contribution is -0.128. The number of amides is 2. The second kappa shape index (κ2) is 9.42. The first-order chi connectivity index (χ1) is 14.6. The fraction of sp³-hybridized carbons (Fsp3) is 0.333. The van der Waals surface area contributed by atoms with Crippen molar-refractivity contribution in [2.75, 3.05) is 23.7 Å². The van der Waals surface area contributed by atoms with Gasteiger partial charge in [-0.15, -0.1) is 0 Å². The fourth-order valence-electron chi connectivity index (χ4n) is 3.36. The van der Waals surface area contributed by atoms with Gasteiger partial charge in [0.1, 0.15) is 6.54 Å². The fourth-order valence-corrected chi connectivity index (χ4v) is 4.20. The van der Waals surface area contributed by atoms with Gasteiger partial charge in [0, 0.05) is 32.1 Å². The first-order valence-corrected chi connectivity index (χ1v) is 11.5. The Labute approximate surface area is 179 Å². The Balaban J connectivity index is 1.63. The van der Waals surface area contributed by atoms with Gasteiger partial charge >= 0.3 is 0 Å². The normalized spacial score (nSPS) is 14.0. The van der Waals surface area contributed by atoms with Crippen LogP contribution in [0, 0.1) is 11.6 Å². The lowest BCUT2D eigenvalue weighted by Gasteiger charge is -2.22. The highest BCUT2D eigenvalue weighted by Crippen LogP contribution is 2.20. The predicted molar refractivity (Wildman–Crippen MR) is 111 cm³/mol. The van der Waals surface area contributed by atoms with E-state index >= 15 is 0 Å². The Morgan fingerprint density at radius 2 is 1.87 bits per heavy atom. The minimum atomic E-state index is -3.91. The van der Waals surface area contributed by atoms with Crippen LogP contribution in [-0.2, 0) is 32.7 Å². The van der Waals surface area contributed by atoms with Crippen molar-refractivity contribution in [1.29, 1.82) is 0 Å². The molecule has 1 N–H and O–H groups in total. The predicted octanol–water partition coefficient (Wildman–Crippen LogP) is 2.17. The molecule has 0 aliphatic carbocycles. The summed E-state index contributed by atoms with van der Waals surface area (Å²) in [6.45, 7) is 0.797. The highest BCUT2D eigenvalue weighted by Gasteiger charge is 2.22. The molecule has 2 aromatic rings. The molecule has 31 heavy (non-hydrogen) atoms. The van der Waals surface area contributed by atoms with Crippen LogP contribution in [0.2, 0.25) is 0 Å². The van der Waals surface area contributed by atoms with Crippen LogP contribution in [0.15, 0.2) is 42.5 Å². The Bertz CT molecular complexity index is 1090. The molecule has 0 saturated carbocycles. The number of sulfonamides is 1. The maximum atomic E-state index is 13.5. The molecule has 1 saturated heterocycles. The standard InChI is InChI=1S/C21H23F2N3O4S/c1-31(29,30)26(17-7-8-18(22)19(23)11-17)14-20(27)24-12-15-4-2-5-16(10-15)13-25-9-3-6-21(25)28/h2,4-5,7-8,10-11H,3,6,9,12-14H2,1H3,(H,24,27). The number of nitrogens with one attached hydrogen (secondary N) is 1. The van der Waals surface area contributed by atoms with E-state index in [-0.39, 0.29) is 18.1 Å². The molecule has 7 nitrogen and oxygen atoms in total. The van der Waals surface area contributed by atoms with E-state index in [0.717, 1.165) is 48.5 Å². The molecule has 3 rings (SSSR count). The maximum Gasteiger partial charge on any atom is 0.241 e. The number of carbonyl (C=O) groups is 2. The monoisotopic (exact) mass is 451 g/mol. The van der Waals surface area contributed by atoms with Crippen LogP contribution in [0.5, 0.6) is 0 Å². The summed E-state index contributed by atoms with van der Waals surface area (Å²) in [5.41, 5.74) is 1.58. The summed E-state index contributed by atoms with van der Waals surface area (Å²) in [6, 6.07) is 10.0. The van der Waals surface area contributed by atoms with Crippen LogP contribution in [-0.4, -0.2) is 44.5 Å². The van der Waals surface area contributed by atoms with Gasteiger partial charge in [0.25, 0.3) is 0 Å². The van der Waals surface area contributed by atoms with Crippen LogP contribution in [0.3, 0.4) is 0 Å². The SMILES string of the molecule is CS(=O)(=O)N(CC(=O)NCc1cccc(CN2CCCC2=O)c1)c1ccc(F)c(F)c1. The summed E-state index contributed by atoms with van der Waals surface area (Å²) in [7, 11) is -3.91. The van der Waals surface area contributed by atoms with Gasteiger partial charge in [-0.05, 0) is 29.7 Å². The van der Waals surface area contributed by atoms with Crippen molar-refractivity contribution in [2.45, 2.75) is 25.9 Å². The van der Waals surface area contributed by atoms with Crippen LogP contribution >= 0.6 is 0 Å². The van der Waals surface area contributed by atoms with Gasteiger partial charge in [0.05, 0.1) is 11.9 Å². The van der Waals surface area contributed by atoms with E-state index in [1.807, 2.05) is 18.2 Å². The van der Waals surface area contributed by atoms with Gasteiger partial charge in [-0.3, -0.25) is 13.9 Å². The van der Waals surface area contributed by atoms with Gasteiger partial charge in [-0.2, -0.15) is 0 Å². The Morgan fingerprint density at radius 3 is 2.52 bits per heavy atom. The van der Waals surface area contributed by atoms with Crippen LogP contribution in [0.25, 0.3) is 0 Å². The number of hydrogen-bond donors (Lipinski definition) is 1. The first kappa shape index (κ1) is 22.7. The molecule has 2 aromatic carbocycles. The van der Waals surface area contributed by atoms with Crippen LogP contribution < -0.4 is 9.62 Å². The Hall–Kier alpha value is -3.01. The number of rotatable bonds is 8. The number of likely N-dealkylation sites (tertiary alicyclic amines) is 1. The topological polar surface area (TPSA) is 86.8 Å². The van der Waals surface area contributed by atoms with E-state index in [9.17, 15) is 26.8 Å². The second-order valence-electron chi connectivity index (χ2n) is 7.38. The molecule has 0 unspecified atom stereocenters. The molecular weight excluding hydrogens is 428 g/mol. The highest BCUT2D eigenvalue weighted by molar-refractivity contribution is 7.92. The smallest absolute Gasteiger partial charge is 0.241 e. The van der Waals surface area contributed by atoms with Crippen molar-refractivity contribution < 1.29 is 26.8 Å². The summed E-state index contributed by atoms with van der Waals surface area (Å²) in [5.74, 6) is -2.80. The van der Waals surface area contributed by atoms with Gasteiger partial charge < -0.3 is 10.2 Å². The van der Waals surface area contributed by atoms with E-state index in [4.69, 9.17) is 0 Å². The molecule has 1 aliphatic rings. The third-order valence-corrected chi connectivity index (χ3v) is 6.05. The number of halogens is 2. The quantitative estimate of drug-likeness (QED) is 0.667. The first-order valence-electron chi connectivity index (χ1n) is 9.68. The lowest BCUT2D eigenvalue weighted by Crippen LogP contribution is -2.40. The van der Waals surface area contributed by atoms with Crippen LogP contribution in [0.4, 0.5) is 14.5 Å². The summed E-state index contributed by atoms with van der Waals surface area (Å²) < 4.78 is 51.5. The average molecular weight is 451 g/mol. The number of benzene rings is 2. The molecule has 1 heterocycles. The highest BCUT2D eigenvalue weighted by atomic mass is 32.2. The Morgan fingerprint density at radius 1 is 1.13 bits per heavy atom. The summed E-state index contributed by atoms with van der Waals surface area (Å²) >= 11 is 0. The molecule has 166 valence electrons. The summed E-state index contributed by atoms with van der Waals surface area (Å²) in [5, 5.41) is 2.63. The molecule has 0 spiro atoms. The zero-order valence-corrected chi connectivity index (χ0v) is 17.8. The average Bonchev–Trinajstić information content (AvgIpc) is 3.11. The van der Waals surface area contributed by atoms with Crippen molar-refractivity contribution in [1.82, 2.24) is 10.2 Å². The number of nitrogens with zero attached hydrogens (tertiary/aromatic N) is 2. The molecular formula is C21H23F2N3O4S. The van der Waals surface area contributed by atoms with Crippen molar-refractivity contribution in [3.63, 3.8) is 0 Å². The number of carbonyl (C=O) groups excluding carboxylic acids is 2. The van der Waals surface area contributed by atoms with Gasteiger partial charge in [-0.25, -0.2) is 17.2 Å². The summed E-state index contributed by atoms with van der Waals surface area (Å²) in [4.78, 5) is 25.9. The van der Waals surface area contributed by atoms with Crippen molar-refractivity contribution in [2.24, 2.45) is 0 Å². The van der Waals surface area contributed by atoms with Gasteiger partial charge in [-0.1, -0.05) is 24.3 Å². The zero-order valence-electron chi connectivity index (χ0n) is 17.0. The molecule has 0 bridgehead atoms. The zero-order chi connectivity index (χ0) is 22.6. The van der Waals surface area contributed by atoms with E-state index in [2.05, 4.69) is 5.32 Å². The van der Waals surface area contributed by atoms with E-state index in [1.165, 1.54) is 0 Å². The molecule has 10 heteroatoms. The molecule has 1 aliphatic heterocycles. The molecule has 0 aromatic heterocycles. The Kier molecular flexibility index (Phi) is 6.89.